The van der Waals surface area contributed by atoms with Gasteiger partial charge in [0.15, 0.2) is 0 Å². The van der Waals surface area contributed by atoms with Crippen molar-refractivity contribution in [1.29, 1.82) is 0 Å². The zero-order valence-electron chi connectivity index (χ0n) is 15.1. The molecular weight excluding hydrogens is 389 g/mol. The summed E-state index contributed by atoms with van der Waals surface area (Å²) in [6, 6.07) is 13.1. The van der Waals surface area contributed by atoms with Crippen LogP contribution in [-0.4, -0.2) is 36.7 Å². The summed E-state index contributed by atoms with van der Waals surface area (Å²) in [5.41, 5.74) is 0.777. The Kier molecular flexibility index (Phi) is 9.52. The maximum absolute atomic E-state index is 12.7. The van der Waals surface area contributed by atoms with Crippen LogP contribution in [0.5, 0.6) is 5.75 Å². The fourth-order valence-electron chi connectivity index (χ4n) is 2.90. The number of nitrogens with zero attached hydrogens (tertiary/aromatic N) is 1. The molecule has 1 saturated heterocycles. The molecule has 2 heterocycles. The zero-order chi connectivity index (χ0) is 17.5. The smallest absolute Gasteiger partial charge is 0.256 e. The van der Waals surface area contributed by atoms with E-state index in [1.54, 1.807) is 13.3 Å². The topological polar surface area (TPSA) is 72.5 Å². The van der Waals surface area contributed by atoms with Crippen molar-refractivity contribution in [2.75, 3.05) is 25.5 Å². The first kappa shape index (κ1) is 23.2. The summed E-state index contributed by atoms with van der Waals surface area (Å²) in [7, 11) is 1.59. The average Bonchev–Trinajstić information content (AvgIpc) is 2.68. The molecule has 1 aliphatic rings. The van der Waals surface area contributed by atoms with Gasteiger partial charge in [-0.3, -0.25) is 9.78 Å². The van der Waals surface area contributed by atoms with E-state index >= 15 is 0 Å². The third kappa shape index (κ3) is 6.07. The minimum atomic E-state index is -0.768. The van der Waals surface area contributed by atoms with Crippen molar-refractivity contribution in [3.8, 4) is 5.75 Å². The van der Waals surface area contributed by atoms with Gasteiger partial charge in [-0.15, -0.1) is 24.8 Å². The first-order valence-corrected chi connectivity index (χ1v) is 8.42. The molecule has 0 radical (unpaired) electrons. The normalized spacial score (nSPS) is 15.0. The third-order valence-electron chi connectivity index (χ3n) is 4.42. The predicted molar refractivity (Wildman–Crippen MR) is 110 cm³/mol. The second-order valence-electron chi connectivity index (χ2n) is 6.04. The number of halogens is 2. The number of aromatic nitrogens is 1. The van der Waals surface area contributed by atoms with Crippen LogP contribution in [-0.2, 0) is 16.1 Å². The number of methoxy groups -OCH3 is 1. The lowest BCUT2D eigenvalue weighted by molar-refractivity contribution is -0.140. The summed E-state index contributed by atoms with van der Waals surface area (Å²) < 4.78 is 11.3. The number of rotatable bonds is 6. The molecule has 1 aromatic carbocycles. The van der Waals surface area contributed by atoms with Gasteiger partial charge in [-0.1, -0.05) is 12.1 Å². The number of hydrogen-bond acceptors (Lipinski definition) is 5. The van der Waals surface area contributed by atoms with Crippen LogP contribution >= 0.6 is 24.8 Å². The summed E-state index contributed by atoms with van der Waals surface area (Å²) in [6.45, 7) is 1.93. The molecule has 3 rings (SSSR count). The van der Waals surface area contributed by atoms with Crippen LogP contribution in [0.1, 0.15) is 18.5 Å². The van der Waals surface area contributed by atoms with Crippen LogP contribution in [0.25, 0.3) is 0 Å². The van der Waals surface area contributed by atoms with E-state index < -0.39 is 5.60 Å². The minimum absolute atomic E-state index is 0. The molecule has 2 N–H and O–H groups in total. The molecular formula is C19H25Cl2N3O3. The maximum Gasteiger partial charge on any atom is 0.256 e. The predicted octanol–water partition coefficient (Wildman–Crippen LogP) is 3.21. The lowest BCUT2D eigenvalue weighted by Gasteiger charge is -2.34. The Hall–Kier alpha value is -1.86. The second-order valence-corrected chi connectivity index (χ2v) is 6.04. The van der Waals surface area contributed by atoms with Gasteiger partial charge in [-0.25, -0.2) is 0 Å². The maximum atomic E-state index is 12.7. The number of ether oxygens (including phenoxy) is 2. The van der Waals surface area contributed by atoms with Crippen LogP contribution in [0.15, 0.2) is 48.7 Å². The van der Waals surface area contributed by atoms with Crippen molar-refractivity contribution in [2.24, 2.45) is 0 Å². The average molecular weight is 414 g/mol. The largest absolute Gasteiger partial charge is 0.487 e. The highest BCUT2D eigenvalue weighted by Gasteiger charge is 2.39. The van der Waals surface area contributed by atoms with Gasteiger partial charge in [0.25, 0.3) is 5.91 Å². The van der Waals surface area contributed by atoms with Gasteiger partial charge < -0.3 is 20.1 Å². The van der Waals surface area contributed by atoms with E-state index in [0.29, 0.717) is 30.9 Å². The summed E-state index contributed by atoms with van der Waals surface area (Å²) in [6.07, 6.45) is 3.05. The molecule has 1 fully saturated rings. The van der Waals surface area contributed by atoms with Crippen molar-refractivity contribution >= 4 is 36.4 Å². The van der Waals surface area contributed by atoms with E-state index in [1.807, 2.05) is 42.5 Å². The molecule has 1 amide bonds. The Labute approximate surface area is 171 Å². The third-order valence-corrected chi connectivity index (χ3v) is 4.42. The zero-order valence-corrected chi connectivity index (χ0v) is 16.8. The Morgan fingerprint density at radius 1 is 1.19 bits per heavy atom. The molecule has 0 bridgehead atoms. The van der Waals surface area contributed by atoms with E-state index in [1.165, 1.54) is 0 Å². The summed E-state index contributed by atoms with van der Waals surface area (Å²) >= 11 is 0. The molecule has 1 aliphatic heterocycles. The molecule has 0 unspecified atom stereocenters. The molecule has 0 atom stereocenters. The van der Waals surface area contributed by atoms with E-state index in [2.05, 4.69) is 15.6 Å². The van der Waals surface area contributed by atoms with E-state index in [9.17, 15) is 4.79 Å². The number of hydrogen-bond donors (Lipinski definition) is 2. The van der Waals surface area contributed by atoms with Gasteiger partial charge in [-0.2, -0.15) is 0 Å². The van der Waals surface area contributed by atoms with Gasteiger partial charge in [0, 0.05) is 25.1 Å². The van der Waals surface area contributed by atoms with Gasteiger partial charge in [0.1, 0.15) is 18.0 Å². The monoisotopic (exact) mass is 413 g/mol. The fraction of sp³-hybridized carbons (Fsp3) is 0.368. The number of anilines is 1. The van der Waals surface area contributed by atoms with Crippen molar-refractivity contribution in [2.45, 2.75) is 25.0 Å². The lowest BCUT2D eigenvalue weighted by Crippen LogP contribution is -2.51. The Morgan fingerprint density at radius 2 is 1.96 bits per heavy atom. The Morgan fingerprint density at radius 3 is 2.63 bits per heavy atom. The lowest BCUT2D eigenvalue weighted by atomic mass is 9.91. The molecule has 2 aromatic rings. The number of carbonyl (C=O) groups excluding carboxylic acids is 1. The molecule has 1 aromatic heterocycles. The fourth-order valence-corrected chi connectivity index (χ4v) is 2.90. The molecule has 6 nitrogen and oxygen atoms in total. The second kappa shape index (κ2) is 11.1. The van der Waals surface area contributed by atoms with Crippen LogP contribution in [0.4, 0.5) is 5.69 Å². The van der Waals surface area contributed by atoms with Crippen LogP contribution in [0.3, 0.4) is 0 Å². The highest BCUT2D eigenvalue weighted by Crippen LogP contribution is 2.26. The van der Waals surface area contributed by atoms with Gasteiger partial charge in [0.2, 0.25) is 0 Å². The van der Waals surface area contributed by atoms with Crippen LogP contribution < -0.4 is 15.4 Å². The summed E-state index contributed by atoms with van der Waals surface area (Å²) in [5, 5.41) is 6.20. The van der Waals surface area contributed by atoms with E-state index in [-0.39, 0.29) is 30.7 Å². The van der Waals surface area contributed by atoms with Crippen LogP contribution in [0, 0.1) is 0 Å². The quantitative estimate of drug-likeness (QED) is 0.760. The summed E-state index contributed by atoms with van der Waals surface area (Å²) in [4.78, 5) is 16.9. The number of nitrogens with one attached hydrogen (secondary N) is 2. The summed E-state index contributed by atoms with van der Waals surface area (Å²) in [5.74, 6) is 0.568. The van der Waals surface area contributed by atoms with Crippen molar-refractivity contribution in [3.63, 3.8) is 0 Å². The van der Waals surface area contributed by atoms with Crippen molar-refractivity contribution in [1.82, 2.24) is 10.3 Å². The SMILES string of the molecule is COC1(C(=O)Nc2cccc(OCc3ccccn3)c2)CCNCC1.Cl.Cl. The molecule has 27 heavy (non-hydrogen) atoms. The Balaban J connectivity index is 0.00000182. The number of piperidine rings is 1. The van der Waals surface area contributed by atoms with Crippen molar-refractivity contribution in [3.05, 3.63) is 54.4 Å². The van der Waals surface area contributed by atoms with E-state index in [0.717, 1.165) is 18.8 Å². The number of pyridine rings is 1. The first-order chi connectivity index (χ1) is 12.2. The standard InChI is InChI=1S/C19H23N3O3.2ClH/c1-24-19(8-11-20-12-9-19)18(23)22-15-6-4-7-17(13-15)25-14-16-5-2-3-10-21-16;;/h2-7,10,13,20H,8-9,11-12,14H2,1H3,(H,22,23);2*1H. The molecule has 0 aliphatic carbocycles. The number of amides is 1. The van der Waals surface area contributed by atoms with Crippen molar-refractivity contribution < 1.29 is 14.3 Å². The first-order valence-electron chi connectivity index (χ1n) is 8.42. The van der Waals surface area contributed by atoms with E-state index in [4.69, 9.17) is 9.47 Å². The van der Waals surface area contributed by atoms with Crippen LogP contribution in [0.2, 0.25) is 0 Å². The number of benzene rings is 1. The molecule has 0 spiro atoms. The number of carbonyl (C=O) groups is 1. The minimum Gasteiger partial charge on any atom is -0.487 e. The highest BCUT2D eigenvalue weighted by atomic mass is 35.5. The van der Waals surface area contributed by atoms with Gasteiger partial charge in [0.05, 0.1) is 5.69 Å². The van der Waals surface area contributed by atoms with Gasteiger partial charge >= 0.3 is 0 Å². The molecule has 8 heteroatoms. The molecule has 148 valence electrons. The highest BCUT2D eigenvalue weighted by molar-refractivity contribution is 5.97. The van der Waals surface area contributed by atoms with Gasteiger partial charge in [-0.05, 0) is 50.2 Å². The molecule has 0 saturated carbocycles. The Bertz CT molecular complexity index is 710.